The molecule has 0 spiro atoms. The Labute approximate surface area is 165 Å². The van der Waals surface area contributed by atoms with Crippen molar-refractivity contribution < 1.29 is 14.6 Å². The van der Waals surface area contributed by atoms with Crippen LogP contribution in [-0.2, 0) is 4.79 Å². The normalized spacial score (nSPS) is 33.7. The lowest BCUT2D eigenvalue weighted by Gasteiger charge is -2.50. The Balaban J connectivity index is 1.61. The van der Waals surface area contributed by atoms with Crippen LogP contribution in [0.4, 0.5) is 0 Å². The Hall–Kier alpha value is -1.83. The second-order valence-electron chi connectivity index (χ2n) is 7.22. The molecule has 2 aromatic carbocycles. The molecule has 0 amide bonds. The van der Waals surface area contributed by atoms with Gasteiger partial charge in [0.15, 0.2) is 0 Å². The van der Waals surface area contributed by atoms with Gasteiger partial charge >= 0.3 is 5.97 Å². The number of hydrogen-bond donors (Lipinski definition) is 4. The average Bonchev–Trinajstić information content (AvgIpc) is 3.07. The van der Waals surface area contributed by atoms with Crippen molar-refractivity contribution in [2.45, 2.75) is 30.3 Å². The highest BCUT2D eigenvalue weighted by molar-refractivity contribution is 6.30. The second-order valence-corrected chi connectivity index (χ2v) is 8.10. The molecule has 2 bridgehead atoms. The van der Waals surface area contributed by atoms with Gasteiger partial charge in [0.05, 0.1) is 18.1 Å². The maximum atomic E-state index is 12.5. The van der Waals surface area contributed by atoms with E-state index in [1.54, 1.807) is 24.3 Å². The predicted molar refractivity (Wildman–Crippen MR) is 101 cm³/mol. The second kappa shape index (κ2) is 6.09. The van der Waals surface area contributed by atoms with E-state index in [0.717, 1.165) is 11.1 Å². The topological polar surface area (TPSA) is 82.6 Å². The van der Waals surface area contributed by atoms with Crippen LogP contribution >= 0.6 is 23.2 Å². The number of aliphatic carboxylic acids is 1. The summed E-state index contributed by atoms with van der Waals surface area (Å²) in [7, 11) is 0. The number of carboxylic acid groups (broad SMARTS) is 1. The van der Waals surface area contributed by atoms with Crippen molar-refractivity contribution in [2.75, 3.05) is 0 Å². The van der Waals surface area contributed by atoms with Crippen molar-refractivity contribution in [1.29, 1.82) is 0 Å². The summed E-state index contributed by atoms with van der Waals surface area (Å²) in [6, 6.07) is 12.3. The number of carboxylic acids is 1. The predicted octanol–water partition coefficient (Wildman–Crippen LogP) is 3.04. The Bertz CT molecular complexity index is 923. The number of piperidine rings is 1. The Morgan fingerprint density at radius 1 is 1.11 bits per heavy atom. The minimum Gasteiger partial charge on any atom is -0.478 e. The van der Waals surface area contributed by atoms with Crippen molar-refractivity contribution in [3.8, 4) is 5.75 Å². The van der Waals surface area contributed by atoms with Gasteiger partial charge < -0.3 is 9.84 Å². The summed E-state index contributed by atoms with van der Waals surface area (Å²) in [5.74, 6) is -0.768. The highest BCUT2D eigenvalue weighted by atomic mass is 35.5. The largest absolute Gasteiger partial charge is 0.478 e. The van der Waals surface area contributed by atoms with Gasteiger partial charge in [-0.2, -0.15) is 0 Å². The van der Waals surface area contributed by atoms with E-state index >= 15 is 0 Å². The maximum Gasteiger partial charge on any atom is 0.348 e. The van der Waals surface area contributed by atoms with Crippen molar-refractivity contribution >= 4 is 29.2 Å². The fourth-order valence-corrected chi connectivity index (χ4v) is 4.88. The molecule has 6 nitrogen and oxygen atoms in total. The van der Waals surface area contributed by atoms with E-state index in [-0.39, 0.29) is 24.2 Å². The Morgan fingerprint density at radius 3 is 2.59 bits per heavy atom. The highest BCUT2D eigenvalue weighted by Crippen LogP contribution is 2.52. The number of hydrazine groups is 1. The number of rotatable bonds is 2. The number of nitrogens with one attached hydrogen (secondary N) is 3. The molecule has 0 aromatic heterocycles. The van der Waals surface area contributed by atoms with Crippen LogP contribution in [0.1, 0.15) is 29.6 Å². The molecule has 2 saturated heterocycles. The molecule has 4 N–H and O–H groups in total. The van der Waals surface area contributed by atoms with E-state index in [2.05, 4.69) is 16.2 Å². The van der Waals surface area contributed by atoms with E-state index in [1.807, 2.05) is 18.2 Å². The number of fused-ring (bicyclic) bond motifs is 6. The first-order valence-corrected chi connectivity index (χ1v) is 9.48. The molecule has 3 aliphatic heterocycles. The lowest BCUT2D eigenvalue weighted by Crippen LogP contribution is -2.66. The van der Waals surface area contributed by atoms with Crippen LogP contribution in [0.5, 0.6) is 5.75 Å². The smallest absolute Gasteiger partial charge is 0.348 e. The first-order chi connectivity index (χ1) is 13.0. The molecular formula is C19H17Cl2N3O3. The van der Waals surface area contributed by atoms with Crippen molar-refractivity contribution in [2.24, 2.45) is 5.92 Å². The van der Waals surface area contributed by atoms with Crippen LogP contribution in [-0.4, -0.2) is 22.8 Å². The van der Waals surface area contributed by atoms with Crippen LogP contribution in [0.15, 0.2) is 42.5 Å². The first-order valence-electron chi connectivity index (χ1n) is 8.72. The third kappa shape index (κ3) is 2.56. The molecular weight excluding hydrogens is 389 g/mol. The molecule has 27 heavy (non-hydrogen) atoms. The van der Waals surface area contributed by atoms with Gasteiger partial charge in [-0.15, -0.1) is 0 Å². The van der Waals surface area contributed by atoms with E-state index in [1.165, 1.54) is 0 Å². The molecule has 5 rings (SSSR count). The number of benzene rings is 2. The van der Waals surface area contributed by atoms with Gasteiger partial charge in [-0.1, -0.05) is 35.3 Å². The molecule has 5 unspecified atom stereocenters. The number of carbonyl (C=O) groups is 1. The summed E-state index contributed by atoms with van der Waals surface area (Å²) in [4.78, 5) is 12.5. The lowest BCUT2D eigenvalue weighted by molar-refractivity contribution is -0.170. The van der Waals surface area contributed by atoms with Gasteiger partial charge in [0.1, 0.15) is 5.75 Å². The van der Waals surface area contributed by atoms with Gasteiger partial charge in [-0.25, -0.2) is 15.6 Å². The molecule has 5 atom stereocenters. The zero-order valence-corrected chi connectivity index (χ0v) is 15.6. The van der Waals surface area contributed by atoms with Gasteiger partial charge in [0.25, 0.3) is 0 Å². The van der Waals surface area contributed by atoms with E-state index < -0.39 is 11.6 Å². The van der Waals surface area contributed by atoms with Crippen molar-refractivity contribution in [3.63, 3.8) is 0 Å². The maximum absolute atomic E-state index is 12.5. The molecule has 0 aliphatic carbocycles. The van der Waals surface area contributed by atoms with Crippen LogP contribution in [0, 0.1) is 5.92 Å². The highest BCUT2D eigenvalue weighted by Gasteiger charge is 2.63. The quantitative estimate of drug-likeness (QED) is 0.614. The van der Waals surface area contributed by atoms with Crippen molar-refractivity contribution in [1.82, 2.24) is 16.2 Å². The van der Waals surface area contributed by atoms with Crippen LogP contribution in [0.3, 0.4) is 0 Å². The molecule has 140 valence electrons. The van der Waals surface area contributed by atoms with Crippen LogP contribution in [0.25, 0.3) is 0 Å². The van der Waals surface area contributed by atoms with Crippen LogP contribution < -0.4 is 20.9 Å². The van der Waals surface area contributed by atoms with Crippen LogP contribution in [0.2, 0.25) is 10.0 Å². The molecule has 0 radical (unpaired) electrons. The minimum absolute atomic E-state index is 0.164. The number of ether oxygens (including phenoxy) is 1. The summed E-state index contributed by atoms with van der Waals surface area (Å²) in [6.45, 7) is 0. The molecule has 3 aliphatic rings. The van der Waals surface area contributed by atoms with Gasteiger partial charge in [-0.3, -0.25) is 5.32 Å². The minimum atomic E-state index is -1.36. The van der Waals surface area contributed by atoms with E-state index in [9.17, 15) is 9.90 Å². The first kappa shape index (κ1) is 17.3. The standard InChI is InChI=1S/C19H17Cl2N3O3/c20-10-3-1-9(2-4-10)16-15-17(24-23-16)22-13-8-19(15,18(25)26)27-14-6-5-11(21)7-12(13)14/h1-7,13,15-17,22-24H,8H2,(H,25,26). The van der Waals surface area contributed by atoms with E-state index in [4.69, 9.17) is 27.9 Å². The van der Waals surface area contributed by atoms with Gasteiger partial charge in [0.2, 0.25) is 5.60 Å². The summed E-state index contributed by atoms with van der Waals surface area (Å²) < 4.78 is 6.19. The molecule has 2 fully saturated rings. The SMILES string of the molecule is O=C(O)C12CC(NC3NNC(c4ccc(Cl)cc4)C31)c1cc(Cl)ccc1O2. The molecule has 0 saturated carbocycles. The zero-order valence-electron chi connectivity index (χ0n) is 14.1. The number of halogens is 2. The third-order valence-corrected chi connectivity index (χ3v) is 6.26. The summed E-state index contributed by atoms with van der Waals surface area (Å²) in [6.07, 6.45) is 0.0530. The average molecular weight is 406 g/mol. The fraction of sp³-hybridized carbons (Fsp3) is 0.316. The summed E-state index contributed by atoms with van der Waals surface area (Å²) >= 11 is 12.1. The molecule has 3 heterocycles. The third-order valence-electron chi connectivity index (χ3n) is 5.77. The van der Waals surface area contributed by atoms with E-state index in [0.29, 0.717) is 22.2 Å². The fourth-order valence-electron chi connectivity index (χ4n) is 4.57. The Kier molecular flexibility index (Phi) is 3.90. The Morgan fingerprint density at radius 2 is 1.85 bits per heavy atom. The monoisotopic (exact) mass is 405 g/mol. The molecule has 8 heteroatoms. The summed E-state index contributed by atoms with van der Waals surface area (Å²) in [5, 5.41) is 15.0. The number of hydrogen-bond acceptors (Lipinski definition) is 5. The van der Waals surface area contributed by atoms with Crippen molar-refractivity contribution in [3.05, 3.63) is 63.6 Å². The molecule has 2 aromatic rings. The lowest BCUT2D eigenvalue weighted by atomic mass is 9.69. The summed E-state index contributed by atoms with van der Waals surface area (Å²) in [5.41, 5.74) is 6.92. The van der Waals surface area contributed by atoms with Gasteiger partial charge in [-0.05, 0) is 35.9 Å². The zero-order chi connectivity index (χ0) is 18.8. The van der Waals surface area contributed by atoms with Gasteiger partial charge in [0, 0.05) is 28.1 Å².